The van der Waals surface area contributed by atoms with E-state index in [1.165, 1.54) is 57.2 Å². The average Bonchev–Trinajstić information content (AvgIpc) is 2.92. The number of aryl methyl sites for hydroxylation is 1. The standard InChI is InChI=1S/C14H24N4/c1-11-16-17-14(13-9-3-2-6-10-15-13)18(11)12-7-4-5-8-12/h12-13,15H,2-10H2,1H3. The van der Waals surface area contributed by atoms with E-state index in [2.05, 4.69) is 27.0 Å². The molecule has 1 N–H and O–H groups in total. The molecule has 1 aromatic heterocycles. The maximum Gasteiger partial charge on any atom is 0.150 e. The van der Waals surface area contributed by atoms with E-state index in [1.807, 2.05) is 0 Å². The monoisotopic (exact) mass is 248 g/mol. The molecule has 2 aliphatic rings. The molecule has 4 heteroatoms. The summed E-state index contributed by atoms with van der Waals surface area (Å²) in [5.74, 6) is 2.30. The van der Waals surface area contributed by atoms with Gasteiger partial charge in [0, 0.05) is 6.04 Å². The van der Waals surface area contributed by atoms with Crippen molar-refractivity contribution < 1.29 is 0 Å². The van der Waals surface area contributed by atoms with E-state index in [4.69, 9.17) is 0 Å². The van der Waals surface area contributed by atoms with Crippen LogP contribution < -0.4 is 5.32 Å². The van der Waals surface area contributed by atoms with Gasteiger partial charge in [-0.1, -0.05) is 25.7 Å². The van der Waals surface area contributed by atoms with Gasteiger partial charge in [-0.3, -0.25) is 0 Å². The second-order valence-corrected chi connectivity index (χ2v) is 5.77. The Kier molecular flexibility index (Phi) is 3.64. The Bertz CT molecular complexity index is 384. The second kappa shape index (κ2) is 5.39. The zero-order valence-corrected chi connectivity index (χ0v) is 11.4. The molecule has 0 bridgehead atoms. The molecule has 1 unspecified atom stereocenters. The number of rotatable bonds is 2. The third-order valence-corrected chi connectivity index (χ3v) is 4.45. The van der Waals surface area contributed by atoms with Crippen LogP contribution in [0.2, 0.25) is 0 Å². The Labute approximate surface area is 109 Å². The first-order chi connectivity index (χ1) is 8.86. The molecule has 1 aliphatic carbocycles. The van der Waals surface area contributed by atoms with Crippen LogP contribution in [0.15, 0.2) is 0 Å². The van der Waals surface area contributed by atoms with Crippen LogP contribution in [-0.4, -0.2) is 21.3 Å². The molecule has 3 rings (SSSR count). The summed E-state index contributed by atoms with van der Waals surface area (Å²) in [6.45, 7) is 3.23. The molecule has 0 radical (unpaired) electrons. The number of aromatic nitrogens is 3. The van der Waals surface area contributed by atoms with Crippen molar-refractivity contribution in [3.63, 3.8) is 0 Å². The molecule has 100 valence electrons. The van der Waals surface area contributed by atoms with Crippen molar-refractivity contribution in [1.82, 2.24) is 20.1 Å². The fourth-order valence-electron chi connectivity index (χ4n) is 3.49. The van der Waals surface area contributed by atoms with Gasteiger partial charge in [-0.2, -0.15) is 0 Å². The fraction of sp³-hybridized carbons (Fsp3) is 0.857. The van der Waals surface area contributed by atoms with Crippen molar-refractivity contribution in [3.05, 3.63) is 11.6 Å². The molecule has 1 aromatic rings. The van der Waals surface area contributed by atoms with Gasteiger partial charge in [-0.15, -0.1) is 10.2 Å². The van der Waals surface area contributed by atoms with Crippen LogP contribution in [-0.2, 0) is 0 Å². The largest absolute Gasteiger partial charge is 0.311 e. The highest BCUT2D eigenvalue weighted by Crippen LogP contribution is 2.33. The number of hydrogen-bond donors (Lipinski definition) is 1. The summed E-state index contributed by atoms with van der Waals surface area (Å²) in [5.41, 5.74) is 0. The van der Waals surface area contributed by atoms with E-state index in [-0.39, 0.29) is 0 Å². The summed E-state index contributed by atoms with van der Waals surface area (Å²) in [6.07, 6.45) is 10.5. The van der Waals surface area contributed by atoms with Crippen molar-refractivity contribution in [2.75, 3.05) is 6.54 Å². The van der Waals surface area contributed by atoms with Gasteiger partial charge in [-0.05, 0) is 39.2 Å². The average molecular weight is 248 g/mol. The number of nitrogens with one attached hydrogen (secondary N) is 1. The van der Waals surface area contributed by atoms with Crippen LogP contribution in [0.1, 0.15) is 75.1 Å². The first-order valence-corrected chi connectivity index (χ1v) is 7.51. The van der Waals surface area contributed by atoms with Crippen molar-refractivity contribution in [3.8, 4) is 0 Å². The zero-order valence-electron chi connectivity index (χ0n) is 11.4. The summed E-state index contributed by atoms with van der Waals surface area (Å²) < 4.78 is 2.43. The minimum absolute atomic E-state index is 0.425. The maximum absolute atomic E-state index is 4.48. The van der Waals surface area contributed by atoms with Crippen molar-refractivity contribution in [2.45, 2.75) is 70.4 Å². The molecular formula is C14H24N4. The van der Waals surface area contributed by atoms with Gasteiger partial charge < -0.3 is 9.88 Å². The quantitative estimate of drug-likeness (QED) is 0.875. The van der Waals surface area contributed by atoms with Crippen LogP contribution >= 0.6 is 0 Å². The SMILES string of the molecule is Cc1nnc(C2CCCCCN2)n1C1CCCC1. The maximum atomic E-state index is 4.48. The molecule has 0 aromatic carbocycles. The Balaban J connectivity index is 1.86. The van der Waals surface area contributed by atoms with E-state index in [0.29, 0.717) is 12.1 Å². The normalized spacial score (nSPS) is 26.4. The molecule has 1 saturated heterocycles. The smallest absolute Gasteiger partial charge is 0.150 e. The zero-order chi connectivity index (χ0) is 12.4. The first-order valence-electron chi connectivity index (χ1n) is 7.51. The minimum atomic E-state index is 0.425. The van der Waals surface area contributed by atoms with Crippen LogP contribution in [0.3, 0.4) is 0 Å². The lowest BCUT2D eigenvalue weighted by atomic mass is 10.1. The Morgan fingerprint density at radius 2 is 1.78 bits per heavy atom. The highest BCUT2D eigenvalue weighted by Gasteiger charge is 2.26. The summed E-state index contributed by atoms with van der Waals surface area (Å²) in [7, 11) is 0. The van der Waals surface area contributed by atoms with Gasteiger partial charge >= 0.3 is 0 Å². The number of hydrogen-bond acceptors (Lipinski definition) is 3. The van der Waals surface area contributed by atoms with E-state index < -0.39 is 0 Å². The Morgan fingerprint density at radius 1 is 1.00 bits per heavy atom. The minimum Gasteiger partial charge on any atom is -0.311 e. The molecule has 2 fully saturated rings. The predicted octanol–water partition coefficient (Wildman–Crippen LogP) is 2.91. The third kappa shape index (κ3) is 2.30. The van der Waals surface area contributed by atoms with Crippen LogP contribution in [0.5, 0.6) is 0 Å². The van der Waals surface area contributed by atoms with E-state index in [0.717, 1.165) is 12.4 Å². The van der Waals surface area contributed by atoms with E-state index >= 15 is 0 Å². The third-order valence-electron chi connectivity index (χ3n) is 4.45. The van der Waals surface area contributed by atoms with Gasteiger partial charge in [0.25, 0.3) is 0 Å². The van der Waals surface area contributed by atoms with Crippen LogP contribution in [0.4, 0.5) is 0 Å². The predicted molar refractivity (Wildman–Crippen MR) is 71.5 cm³/mol. The molecule has 1 saturated carbocycles. The molecule has 0 amide bonds. The van der Waals surface area contributed by atoms with Crippen LogP contribution in [0.25, 0.3) is 0 Å². The van der Waals surface area contributed by atoms with Crippen molar-refractivity contribution >= 4 is 0 Å². The Morgan fingerprint density at radius 3 is 2.61 bits per heavy atom. The summed E-state index contributed by atoms with van der Waals surface area (Å²) >= 11 is 0. The lowest BCUT2D eigenvalue weighted by molar-refractivity contribution is 0.428. The molecule has 0 spiro atoms. The number of nitrogens with zero attached hydrogens (tertiary/aromatic N) is 3. The fourth-order valence-corrected chi connectivity index (χ4v) is 3.49. The summed E-state index contributed by atoms with van der Waals surface area (Å²) in [4.78, 5) is 0. The first kappa shape index (κ1) is 12.2. The molecular weight excluding hydrogens is 224 g/mol. The van der Waals surface area contributed by atoms with Gasteiger partial charge in [0.05, 0.1) is 6.04 Å². The summed E-state index contributed by atoms with van der Waals surface area (Å²) in [6, 6.07) is 1.08. The molecule has 4 nitrogen and oxygen atoms in total. The van der Waals surface area contributed by atoms with E-state index in [9.17, 15) is 0 Å². The Hall–Kier alpha value is -0.900. The topological polar surface area (TPSA) is 42.7 Å². The van der Waals surface area contributed by atoms with Gasteiger partial charge in [0.2, 0.25) is 0 Å². The van der Waals surface area contributed by atoms with Gasteiger partial charge in [-0.25, -0.2) is 0 Å². The second-order valence-electron chi connectivity index (χ2n) is 5.77. The highest BCUT2D eigenvalue weighted by molar-refractivity contribution is 5.04. The molecule has 18 heavy (non-hydrogen) atoms. The van der Waals surface area contributed by atoms with E-state index in [1.54, 1.807) is 0 Å². The summed E-state index contributed by atoms with van der Waals surface area (Å²) in [5, 5.41) is 12.5. The van der Waals surface area contributed by atoms with Gasteiger partial charge in [0.1, 0.15) is 11.6 Å². The highest BCUT2D eigenvalue weighted by atomic mass is 15.3. The molecule has 2 heterocycles. The van der Waals surface area contributed by atoms with Gasteiger partial charge in [0.15, 0.2) is 0 Å². The lowest BCUT2D eigenvalue weighted by Gasteiger charge is -2.21. The van der Waals surface area contributed by atoms with Crippen molar-refractivity contribution in [2.24, 2.45) is 0 Å². The lowest BCUT2D eigenvalue weighted by Crippen LogP contribution is -2.25. The van der Waals surface area contributed by atoms with Crippen molar-refractivity contribution in [1.29, 1.82) is 0 Å². The van der Waals surface area contributed by atoms with Crippen LogP contribution in [0, 0.1) is 6.92 Å². The molecule has 1 atom stereocenters. The molecule has 1 aliphatic heterocycles.